The zero-order valence-electron chi connectivity index (χ0n) is 18.2. The molecule has 0 spiro atoms. The average molecular weight is 455 g/mol. The van der Waals surface area contributed by atoms with Crippen LogP contribution >= 0.6 is 0 Å². The number of benzene rings is 3. The van der Waals surface area contributed by atoms with E-state index in [0.717, 1.165) is 11.1 Å². The molecule has 0 unspecified atom stereocenters. The van der Waals surface area contributed by atoms with E-state index in [2.05, 4.69) is 5.32 Å². The third-order valence-electron chi connectivity index (χ3n) is 5.05. The Kier molecular flexibility index (Phi) is 7.50. The van der Waals surface area contributed by atoms with Crippen molar-refractivity contribution in [2.45, 2.75) is 18.0 Å². The van der Waals surface area contributed by atoms with Gasteiger partial charge in [-0.15, -0.1) is 0 Å². The summed E-state index contributed by atoms with van der Waals surface area (Å²) in [6, 6.07) is 20.3. The second kappa shape index (κ2) is 10.3. The number of anilines is 1. The minimum atomic E-state index is -3.85. The van der Waals surface area contributed by atoms with E-state index in [-0.39, 0.29) is 16.4 Å². The second-order valence-corrected chi connectivity index (χ2v) is 9.05. The van der Waals surface area contributed by atoms with Crippen LogP contribution in [0.15, 0.2) is 77.7 Å². The highest BCUT2D eigenvalue weighted by molar-refractivity contribution is 7.92. The van der Waals surface area contributed by atoms with Crippen molar-refractivity contribution in [3.8, 4) is 5.75 Å². The summed E-state index contributed by atoms with van der Waals surface area (Å²) < 4.78 is 37.7. The van der Waals surface area contributed by atoms with Gasteiger partial charge in [0.15, 0.2) is 0 Å². The molecule has 8 heteroatoms. The fourth-order valence-corrected chi connectivity index (χ4v) is 4.43. The lowest BCUT2D eigenvalue weighted by molar-refractivity contribution is 0.0950. The van der Waals surface area contributed by atoms with Crippen LogP contribution in [0.5, 0.6) is 5.75 Å². The summed E-state index contributed by atoms with van der Waals surface area (Å²) in [5, 5.41) is 2.85. The predicted octanol–water partition coefficient (Wildman–Crippen LogP) is 3.60. The van der Waals surface area contributed by atoms with Crippen LogP contribution in [0.3, 0.4) is 0 Å². The number of nitrogens with one attached hydrogen (secondary N) is 1. The minimum absolute atomic E-state index is 0.0308. The molecule has 0 saturated heterocycles. The minimum Gasteiger partial charge on any atom is -0.497 e. The van der Waals surface area contributed by atoms with Gasteiger partial charge in [0, 0.05) is 26.3 Å². The Bertz CT molecular complexity index is 1180. The van der Waals surface area contributed by atoms with Gasteiger partial charge < -0.3 is 14.8 Å². The molecule has 0 saturated carbocycles. The number of hydrogen-bond donors (Lipinski definition) is 1. The fraction of sp³-hybridized carbons (Fsp3) is 0.208. The van der Waals surface area contributed by atoms with Crippen LogP contribution in [-0.4, -0.2) is 35.6 Å². The van der Waals surface area contributed by atoms with Gasteiger partial charge in [-0.2, -0.15) is 0 Å². The number of nitrogens with zero attached hydrogens (tertiary/aromatic N) is 1. The summed E-state index contributed by atoms with van der Waals surface area (Å²) in [6.45, 7) is 0.749. The normalized spacial score (nSPS) is 11.1. The van der Waals surface area contributed by atoms with Crippen molar-refractivity contribution in [2.75, 3.05) is 25.6 Å². The fourth-order valence-electron chi connectivity index (χ4n) is 3.19. The summed E-state index contributed by atoms with van der Waals surface area (Å²) in [4.78, 5) is 12.7. The van der Waals surface area contributed by atoms with Crippen LogP contribution < -0.4 is 14.4 Å². The van der Waals surface area contributed by atoms with E-state index >= 15 is 0 Å². The quantitative estimate of drug-likeness (QED) is 0.534. The van der Waals surface area contributed by atoms with Gasteiger partial charge in [0.05, 0.1) is 24.3 Å². The van der Waals surface area contributed by atoms with Gasteiger partial charge in [-0.05, 0) is 53.6 Å². The molecule has 3 aromatic carbocycles. The lowest BCUT2D eigenvalue weighted by atomic mass is 10.1. The summed E-state index contributed by atoms with van der Waals surface area (Å²) >= 11 is 0. The molecule has 7 nitrogen and oxygen atoms in total. The first-order valence-electron chi connectivity index (χ1n) is 9.94. The maximum absolute atomic E-state index is 13.1. The van der Waals surface area contributed by atoms with Crippen molar-refractivity contribution in [3.05, 3.63) is 89.5 Å². The van der Waals surface area contributed by atoms with Crippen molar-refractivity contribution < 1.29 is 22.7 Å². The SMILES string of the molecule is COCc1ccccc1CNC(=O)c1cccc(S(=O)(=O)N(C)c2ccc(OC)cc2)c1. The molecular weight excluding hydrogens is 428 g/mol. The summed E-state index contributed by atoms with van der Waals surface area (Å²) in [6.07, 6.45) is 0. The van der Waals surface area contributed by atoms with Gasteiger partial charge >= 0.3 is 0 Å². The molecule has 0 radical (unpaired) electrons. The topological polar surface area (TPSA) is 84.9 Å². The molecule has 0 aliphatic carbocycles. The molecule has 0 bridgehead atoms. The predicted molar refractivity (Wildman–Crippen MR) is 123 cm³/mol. The molecule has 0 aromatic heterocycles. The lowest BCUT2D eigenvalue weighted by Gasteiger charge is -2.20. The Labute approximate surface area is 188 Å². The molecule has 0 aliphatic heterocycles. The third-order valence-corrected chi connectivity index (χ3v) is 6.83. The molecule has 168 valence electrons. The van der Waals surface area contributed by atoms with E-state index in [4.69, 9.17) is 9.47 Å². The largest absolute Gasteiger partial charge is 0.497 e. The van der Waals surface area contributed by atoms with E-state index < -0.39 is 10.0 Å². The first kappa shape index (κ1) is 23.3. The van der Waals surface area contributed by atoms with Crippen LogP contribution in [0.4, 0.5) is 5.69 Å². The van der Waals surface area contributed by atoms with Crippen molar-refractivity contribution >= 4 is 21.6 Å². The first-order chi connectivity index (χ1) is 15.4. The maximum atomic E-state index is 13.1. The van der Waals surface area contributed by atoms with Gasteiger partial charge in [-0.25, -0.2) is 8.42 Å². The van der Waals surface area contributed by atoms with Crippen LogP contribution in [0, 0.1) is 0 Å². The average Bonchev–Trinajstić information content (AvgIpc) is 2.83. The molecule has 0 fully saturated rings. The number of methoxy groups -OCH3 is 2. The van der Waals surface area contributed by atoms with Crippen molar-refractivity contribution in [1.82, 2.24) is 5.32 Å². The highest BCUT2D eigenvalue weighted by Crippen LogP contribution is 2.24. The molecule has 32 heavy (non-hydrogen) atoms. The summed E-state index contributed by atoms with van der Waals surface area (Å²) in [7, 11) is 0.775. The number of carbonyl (C=O) groups excluding carboxylic acids is 1. The molecular formula is C24H26N2O5S. The Balaban J connectivity index is 1.77. The number of sulfonamides is 1. The zero-order valence-corrected chi connectivity index (χ0v) is 19.1. The number of ether oxygens (including phenoxy) is 2. The monoisotopic (exact) mass is 454 g/mol. The van der Waals surface area contributed by atoms with Crippen LogP contribution in [0.25, 0.3) is 0 Å². The van der Waals surface area contributed by atoms with Gasteiger partial charge in [-0.1, -0.05) is 30.3 Å². The second-order valence-electron chi connectivity index (χ2n) is 7.08. The summed E-state index contributed by atoms with van der Waals surface area (Å²) in [5.74, 6) is 0.270. The third kappa shape index (κ3) is 5.27. The number of hydrogen-bond acceptors (Lipinski definition) is 5. The maximum Gasteiger partial charge on any atom is 0.264 e. The number of amides is 1. The van der Waals surface area contributed by atoms with Crippen LogP contribution in [-0.2, 0) is 27.9 Å². The smallest absolute Gasteiger partial charge is 0.264 e. The van der Waals surface area contributed by atoms with E-state index in [0.29, 0.717) is 24.6 Å². The van der Waals surface area contributed by atoms with Crippen LogP contribution in [0.2, 0.25) is 0 Å². The van der Waals surface area contributed by atoms with Crippen LogP contribution in [0.1, 0.15) is 21.5 Å². The van der Waals surface area contributed by atoms with Crippen molar-refractivity contribution in [1.29, 1.82) is 0 Å². The zero-order chi connectivity index (χ0) is 23.1. The van der Waals surface area contributed by atoms with Crippen molar-refractivity contribution in [2.24, 2.45) is 0 Å². The van der Waals surface area contributed by atoms with Crippen molar-refractivity contribution in [3.63, 3.8) is 0 Å². The first-order valence-corrected chi connectivity index (χ1v) is 11.4. The Hall–Kier alpha value is -3.36. The molecule has 3 aromatic rings. The van der Waals surface area contributed by atoms with E-state index in [1.165, 1.54) is 23.5 Å². The van der Waals surface area contributed by atoms with E-state index in [1.807, 2.05) is 24.3 Å². The lowest BCUT2D eigenvalue weighted by Crippen LogP contribution is -2.27. The molecule has 3 rings (SSSR count). The molecule has 1 amide bonds. The highest BCUT2D eigenvalue weighted by Gasteiger charge is 2.22. The Morgan fingerprint density at radius 2 is 1.62 bits per heavy atom. The van der Waals surface area contributed by atoms with E-state index in [1.54, 1.807) is 50.6 Å². The molecule has 0 aliphatic rings. The standard InChI is InChI=1S/C24H26N2O5S/c1-26(21-11-13-22(31-3)14-12-21)32(28,29)23-10-6-9-18(15-23)24(27)25-16-19-7-4-5-8-20(19)17-30-2/h4-15H,16-17H2,1-3H3,(H,25,27). The van der Waals surface area contributed by atoms with Gasteiger partial charge in [0.25, 0.3) is 15.9 Å². The number of rotatable bonds is 9. The van der Waals surface area contributed by atoms with Gasteiger partial charge in [-0.3, -0.25) is 9.10 Å². The Morgan fingerprint density at radius 3 is 2.28 bits per heavy atom. The Morgan fingerprint density at radius 1 is 0.938 bits per heavy atom. The van der Waals surface area contributed by atoms with Gasteiger partial charge in [0.1, 0.15) is 5.75 Å². The van der Waals surface area contributed by atoms with Gasteiger partial charge in [0.2, 0.25) is 0 Å². The summed E-state index contributed by atoms with van der Waals surface area (Å²) in [5.41, 5.74) is 2.66. The van der Waals surface area contributed by atoms with E-state index in [9.17, 15) is 13.2 Å². The molecule has 1 N–H and O–H groups in total. The molecule has 0 atom stereocenters. The highest BCUT2D eigenvalue weighted by atomic mass is 32.2. The molecule has 0 heterocycles. The number of carbonyl (C=O) groups is 1.